The van der Waals surface area contributed by atoms with Crippen molar-refractivity contribution in [2.24, 2.45) is 18.7 Å². The third kappa shape index (κ3) is 4.52. The molecule has 1 rings (SSSR count). The van der Waals surface area contributed by atoms with E-state index >= 15 is 0 Å². The molecule has 1 atom stereocenters. The monoisotopic (exact) mass is 239 g/mol. The zero-order valence-electron chi connectivity index (χ0n) is 10.5. The van der Waals surface area contributed by atoms with Crippen LogP contribution in [-0.2, 0) is 18.3 Å². The van der Waals surface area contributed by atoms with E-state index in [0.29, 0.717) is 19.5 Å². The van der Waals surface area contributed by atoms with Gasteiger partial charge in [-0.2, -0.15) is 0 Å². The quantitative estimate of drug-likeness (QED) is 0.693. The summed E-state index contributed by atoms with van der Waals surface area (Å²) in [5, 5.41) is 10.6. The number of nitrogens with one attached hydrogen (secondary N) is 1. The average molecular weight is 239 g/mol. The highest BCUT2D eigenvalue weighted by atomic mass is 16.1. The van der Waals surface area contributed by atoms with Crippen molar-refractivity contribution >= 4 is 5.91 Å². The first kappa shape index (κ1) is 13.6. The first-order chi connectivity index (χ1) is 8.15. The Labute approximate surface area is 102 Å². The Morgan fingerprint density at radius 1 is 1.65 bits per heavy atom. The fourth-order valence-electron chi connectivity index (χ4n) is 1.56. The van der Waals surface area contributed by atoms with Gasteiger partial charge in [-0.3, -0.25) is 4.79 Å². The van der Waals surface area contributed by atoms with Crippen LogP contribution < -0.4 is 11.1 Å². The van der Waals surface area contributed by atoms with Crippen LogP contribution in [0, 0.1) is 5.92 Å². The molecule has 6 nitrogen and oxygen atoms in total. The minimum absolute atomic E-state index is 0.0260. The van der Waals surface area contributed by atoms with E-state index in [0.717, 1.165) is 18.7 Å². The Kier molecular flexibility index (Phi) is 5.62. The van der Waals surface area contributed by atoms with Crippen molar-refractivity contribution in [1.29, 1.82) is 0 Å². The van der Waals surface area contributed by atoms with Crippen LogP contribution in [0.25, 0.3) is 0 Å². The van der Waals surface area contributed by atoms with Crippen LogP contribution in [-0.4, -0.2) is 33.8 Å². The Morgan fingerprint density at radius 3 is 3.00 bits per heavy atom. The number of carbonyl (C=O) groups is 1. The van der Waals surface area contributed by atoms with Crippen molar-refractivity contribution in [2.45, 2.75) is 26.2 Å². The second kappa shape index (κ2) is 7.01. The molecule has 6 heteroatoms. The first-order valence-corrected chi connectivity index (χ1v) is 5.95. The van der Waals surface area contributed by atoms with Crippen LogP contribution >= 0.6 is 0 Å². The summed E-state index contributed by atoms with van der Waals surface area (Å²) in [4.78, 5) is 11.7. The maximum Gasteiger partial charge on any atom is 0.222 e. The largest absolute Gasteiger partial charge is 0.355 e. The van der Waals surface area contributed by atoms with E-state index in [4.69, 9.17) is 5.73 Å². The van der Waals surface area contributed by atoms with Crippen LogP contribution in [0.3, 0.4) is 0 Å². The predicted octanol–water partition coefficient (Wildman–Crippen LogP) is -0.151. The fourth-order valence-corrected chi connectivity index (χ4v) is 1.56. The number of rotatable bonds is 7. The highest BCUT2D eigenvalue weighted by Crippen LogP contribution is 2.04. The molecule has 1 aromatic heterocycles. The molecule has 0 saturated heterocycles. The Hall–Kier alpha value is -1.43. The molecule has 0 radical (unpaired) electrons. The lowest BCUT2D eigenvalue weighted by Gasteiger charge is -2.11. The maximum atomic E-state index is 11.7. The highest BCUT2D eigenvalue weighted by Gasteiger charge is 2.11. The van der Waals surface area contributed by atoms with Crippen molar-refractivity contribution in [3.8, 4) is 0 Å². The van der Waals surface area contributed by atoms with Gasteiger partial charge in [0.05, 0.1) is 0 Å². The molecular formula is C11H21N5O. The van der Waals surface area contributed by atoms with Gasteiger partial charge in [0.1, 0.15) is 12.2 Å². The Balaban J connectivity index is 2.22. The summed E-state index contributed by atoms with van der Waals surface area (Å²) >= 11 is 0. The lowest BCUT2D eigenvalue weighted by atomic mass is 10.1. The minimum atomic E-state index is 0.0260. The standard InChI is InChI=1S/C11H21N5O/c1-9(4-3-6-12)11(17)13-7-5-10-15-14-8-16(10)2/h8-9H,3-7,12H2,1-2H3,(H,13,17). The van der Waals surface area contributed by atoms with Gasteiger partial charge in [0.15, 0.2) is 0 Å². The van der Waals surface area contributed by atoms with Crippen LogP contribution in [0.4, 0.5) is 0 Å². The summed E-state index contributed by atoms with van der Waals surface area (Å²) in [6.45, 7) is 3.15. The van der Waals surface area contributed by atoms with E-state index in [-0.39, 0.29) is 11.8 Å². The first-order valence-electron chi connectivity index (χ1n) is 5.95. The SMILES string of the molecule is CC(CCCN)C(=O)NCCc1nncn1C. The van der Waals surface area contributed by atoms with Crippen molar-refractivity contribution in [3.63, 3.8) is 0 Å². The van der Waals surface area contributed by atoms with E-state index in [9.17, 15) is 4.79 Å². The van der Waals surface area contributed by atoms with Gasteiger partial charge >= 0.3 is 0 Å². The molecule has 0 bridgehead atoms. The number of hydrogen-bond donors (Lipinski definition) is 2. The second-order valence-electron chi connectivity index (χ2n) is 4.23. The van der Waals surface area contributed by atoms with Gasteiger partial charge in [0.25, 0.3) is 0 Å². The summed E-state index contributed by atoms with van der Waals surface area (Å²) in [6.07, 6.45) is 4.08. The van der Waals surface area contributed by atoms with Gasteiger partial charge < -0.3 is 15.6 Å². The van der Waals surface area contributed by atoms with Gasteiger partial charge in [-0.1, -0.05) is 6.92 Å². The summed E-state index contributed by atoms with van der Waals surface area (Å²) in [5.74, 6) is 0.985. The zero-order chi connectivity index (χ0) is 12.7. The number of aromatic nitrogens is 3. The lowest BCUT2D eigenvalue weighted by Crippen LogP contribution is -2.31. The molecular weight excluding hydrogens is 218 g/mol. The molecule has 96 valence electrons. The van der Waals surface area contributed by atoms with E-state index in [2.05, 4.69) is 15.5 Å². The van der Waals surface area contributed by atoms with Gasteiger partial charge in [-0.05, 0) is 19.4 Å². The van der Waals surface area contributed by atoms with Gasteiger partial charge in [-0.25, -0.2) is 0 Å². The smallest absolute Gasteiger partial charge is 0.222 e. The Morgan fingerprint density at radius 2 is 2.41 bits per heavy atom. The second-order valence-corrected chi connectivity index (χ2v) is 4.23. The summed E-state index contributed by atoms with van der Waals surface area (Å²) in [7, 11) is 1.89. The molecule has 0 aliphatic heterocycles. The third-order valence-electron chi connectivity index (χ3n) is 2.74. The summed E-state index contributed by atoms with van der Waals surface area (Å²) < 4.78 is 1.85. The molecule has 0 aliphatic rings. The minimum Gasteiger partial charge on any atom is -0.355 e. The predicted molar refractivity (Wildman–Crippen MR) is 65.2 cm³/mol. The lowest BCUT2D eigenvalue weighted by molar-refractivity contribution is -0.124. The molecule has 0 fully saturated rings. The van der Waals surface area contributed by atoms with Crippen LogP contribution in [0.5, 0.6) is 0 Å². The molecule has 3 N–H and O–H groups in total. The van der Waals surface area contributed by atoms with Gasteiger partial charge in [0.2, 0.25) is 5.91 Å². The van der Waals surface area contributed by atoms with Crippen molar-refractivity contribution < 1.29 is 4.79 Å². The van der Waals surface area contributed by atoms with E-state index in [1.165, 1.54) is 0 Å². The number of hydrogen-bond acceptors (Lipinski definition) is 4. The van der Waals surface area contributed by atoms with Crippen LogP contribution in [0.2, 0.25) is 0 Å². The third-order valence-corrected chi connectivity index (χ3v) is 2.74. The molecule has 1 aromatic rings. The highest BCUT2D eigenvalue weighted by molar-refractivity contribution is 5.78. The van der Waals surface area contributed by atoms with Gasteiger partial charge in [-0.15, -0.1) is 10.2 Å². The van der Waals surface area contributed by atoms with Gasteiger partial charge in [0, 0.05) is 25.9 Å². The number of amides is 1. The van der Waals surface area contributed by atoms with Crippen molar-refractivity contribution in [1.82, 2.24) is 20.1 Å². The maximum absolute atomic E-state index is 11.7. The van der Waals surface area contributed by atoms with Crippen LogP contribution in [0.1, 0.15) is 25.6 Å². The number of nitrogens with zero attached hydrogens (tertiary/aromatic N) is 3. The molecule has 0 saturated carbocycles. The number of nitrogens with two attached hydrogens (primary N) is 1. The van der Waals surface area contributed by atoms with Crippen LogP contribution in [0.15, 0.2) is 6.33 Å². The summed E-state index contributed by atoms with van der Waals surface area (Å²) in [6, 6.07) is 0. The molecule has 1 heterocycles. The number of carbonyl (C=O) groups excluding carboxylic acids is 1. The molecule has 0 aromatic carbocycles. The zero-order valence-corrected chi connectivity index (χ0v) is 10.5. The molecule has 17 heavy (non-hydrogen) atoms. The fraction of sp³-hybridized carbons (Fsp3) is 0.727. The van der Waals surface area contributed by atoms with E-state index in [1.807, 2.05) is 18.5 Å². The van der Waals surface area contributed by atoms with Crippen molar-refractivity contribution in [3.05, 3.63) is 12.2 Å². The average Bonchev–Trinajstić information content (AvgIpc) is 2.72. The molecule has 0 aliphatic carbocycles. The van der Waals surface area contributed by atoms with E-state index < -0.39 is 0 Å². The topological polar surface area (TPSA) is 85.8 Å². The van der Waals surface area contributed by atoms with E-state index in [1.54, 1.807) is 6.33 Å². The number of aryl methyl sites for hydroxylation is 1. The molecule has 0 spiro atoms. The Bertz CT molecular complexity index is 349. The summed E-state index contributed by atoms with van der Waals surface area (Å²) in [5.41, 5.74) is 5.41. The molecule has 1 unspecified atom stereocenters. The van der Waals surface area contributed by atoms with Crippen molar-refractivity contribution in [2.75, 3.05) is 13.1 Å². The normalized spacial score (nSPS) is 12.4. The molecule has 1 amide bonds.